The molecule has 0 spiro atoms. The highest BCUT2D eigenvalue weighted by atomic mass is 35.5. The number of amides is 2. The van der Waals surface area contributed by atoms with Gasteiger partial charge in [-0.3, -0.25) is 13.9 Å². The molecule has 0 aromatic heterocycles. The van der Waals surface area contributed by atoms with Crippen LogP contribution in [0.1, 0.15) is 42.5 Å². The van der Waals surface area contributed by atoms with Crippen LogP contribution in [0.4, 0.5) is 5.69 Å². The summed E-state index contributed by atoms with van der Waals surface area (Å²) >= 11 is 6.06. The van der Waals surface area contributed by atoms with E-state index in [1.54, 1.807) is 24.3 Å². The predicted octanol–water partition coefficient (Wildman–Crippen LogP) is 6.71. The molecule has 0 radical (unpaired) electrons. The average Bonchev–Trinajstić information content (AvgIpc) is 3.03. The van der Waals surface area contributed by atoms with E-state index in [4.69, 9.17) is 11.6 Å². The number of aryl methyl sites for hydroxylation is 2. The lowest BCUT2D eigenvalue weighted by Gasteiger charge is -2.34. The second kappa shape index (κ2) is 15.2. The van der Waals surface area contributed by atoms with Crippen molar-refractivity contribution in [2.45, 2.75) is 64.1 Å². The minimum atomic E-state index is -4.19. The zero-order valence-electron chi connectivity index (χ0n) is 26.1. The molecule has 0 heterocycles. The Bertz CT molecular complexity index is 1690. The summed E-state index contributed by atoms with van der Waals surface area (Å²) in [5.41, 5.74) is 3.99. The number of hydrogen-bond donors (Lipinski definition) is 1. The van der Waals surface area contributed by atoms with Gasteiger partial charge in [-0.15, -0.1) is 0 Å². The highest BCUT2D eigenvalue weighted by Crippen LogP contribution is 2.26. The van der Waals surface area contributed by atoms with Crippen molar-refractivity contribution in [2.75, 3.05) is 10.8 Å². The molecule has 0 aliphatic rings. The Morgan fingerprint density at radius 2 is 1.47 bits per heavy atom. The van der Waals surface area contributed by atoms with Crippen LogP contribution in [0.2, 0.25) is 5.02 Å². The van der Waals surface area contributed by atoms with E-state index in [0.717, 1.165) is 33.0 Å². The molecule has 0 saturated carbocycles. The van der Waals surface area contributed by atoms with Crippen molar-refractivity contribution in [1.82, 2.24) is 10.2 Å². The van der Waals surface area contributed by atoms with E-state index in [1.165, 1.54) is 29.2 Å². The number of carbonyl (C=O) groups excluding carboxylic acids is 2. The van der Waals surface area contributed by atoms with E-state index in [0.29, 0.717) is 10.7 Å². The molecule has 2 amide bonds. The molecule has 4 rings (SSSR count). The summed E-state index contributed by atoms with van der Waals surface area (Å²) < 4.78 is 29.3. The number of halogens is 1. The van der Waals surface area contributed by atoms with Crippen molar-refractivity contribution in [3.8, 4) is 0 Å². The van der Waals surface area contributed by atoms with Gasteiger partial charge >= 0.3 is 0 Å². The number of anilines is 1. The van der Waals surface area contributed by atoms with Gasteiger partial charge in [0, 0.05) is 24.0 Å². The van der Waals surface area contributed by atoms with Gasteiger partial charge in [0.2, 0.25) is 11.8 Å². The molecule has 4 aromatic carbocycles. The topological polar surface area (TPSA) is 86.8 Å². The normalized spacial score (nSPS) is 12.6. The quantitative estimate of drug-likeness (QED) is 0.175. The second-order valence-electron chi connectivity index (χ2n) is 11.3. The Labute approximate surface area is 271 Å². The molecule has 1 N–H and O–H groups in total. The molecule has 0 aliphatic carbocycles. The number of carbonyl (C=O) groups is 2. The molecule has 9 heteroatoms. The summed E-state index contributed by atoms with van der Waals surface area (Å²) in [6.07, 6.45) is 0.977. The molecule has 7 nitrogen and oxygen atoms in total. The first-order valence-corrected chi connectivity index (χ1v) is 16.8. The van der Waals surface area contributed by atoms with Crippen molar-refractivity contribution in [2.24, 2.45) is 0 Å². The minimum absolute atomic E-state index is 0.000998. The van der Waals surface area contributed by atoms with Gasteiger partial charge in [-0.1, -0.05) is 90.8 Å². The predicted molar refractivity (Wildman–Crippen MR) is 181 cm³/mol. The Kier molecular flexibility index (Phi) is 11.4. The molecule has 4 aromatic rings. The van der Waals surface area contributed by atoms with Crippen molar-refractivity contribution in [3.63, 3.8) is 0 Å². The third-order valence-electron chi connectivity index (χ3n) is 7.88. The van der Waals surface area contributed by atoms with Crippen LogP contribution < -0.4 is 9.62 Å². The molecular formula is C36H40ClN3O4S. The molecule has 236 valence electrons. The lowest BCUT2D eigenvalue weighted by atomic mass is 10.0. The molecule has 0 saturated heterocycles. The Balaban J connectivity index is 1.81. The molecule has 2 atom stereocenters. The Morgan fingerprint density at radius 3 is 2.09 bits per heavy atom. The van der Waals surface area contributed by atoms with E-state index in [2.05, 4.69) is 5.32 Å². The van der Waals surface area contributed by atoms with Crippen molar-refractivity contribution in [1.29, 1.82) is 0 Å². The number of nitrogens with one attached hydrogen (secondary N) is 1. The van der Waals surface area contributed by atoms with Gasteiger partial charge in [-0.2, -0.15) is 0 Å². The number of nitrogens with zero attached hydrogens (tertiary/aromatic N) is 2. The molecular weight excluding hydrogens is 606 g/mol. The van der Waals surface area contributed by atoms with E-state index >= 15 is 0 Å². The third kappa shape index (κ3) is 8.74. The number of benzene rings is 4. The van der Waals surface area contributed by atoms with E-state index in [1.807, 2.05) is 82.3 Å². The fraction of sp³-hybridized carbons (Fsp3) is 0.278. The van der Waals surface area contributed by atoms with Crippen molar-refractivity contribution in [3.05, 3.63) is 130 Å². The van der Waals surface area contributed by atoms with Crippen LogP contribution in [0.15, 0.2) is 108 Å². The lowest BCUT2D eigenvalue weighted by molar-refractivity contribution is -0.140. The number of rotatable bonds is 13. The monoisotopic (exact) mass is 645 g/mol. The van der Waals surface area contributed by atoms with Gasteiger partial charge in [-0.05, 0) is 80.3 Å². The zero-order chi connectivity index (χ0) is 32.6. The molecule has 0 unspecified atom stereocenters. The summed E-state index contributed by atoms with van der Waals surface area (Å²) in [6, 6.07) is 29.0. The number of sulfonamides is 1. The van der Waals surface area contributed by atoms with Crippen molar-refractivity contribution >= 4 is 39.1 Å². The van der Waals surface area contributed by atoms with Crippen LogP contribution in [0.5, 0.6) is 0 Å². The highest BCUT2D eigenvalue weighted by molar-refractivity contribution is 7.92. The van der Waals surface area contributed by atoms with Gasteiger partial charge in [-0.25, -0.2) is 8.42 Å². The van der Waals surface area contributed by atoms with Gasteiger partial charge < -0.3 is 10.2 Å². The maximum atomic E-state index is 14.6. The smallest absolute Gasteiger partial charge is 0.264 e. The summed E-state index contributed by atoms with van der Waals surface area (Å²) in [5.74, 6) is -0.797. The molecule has 0 aliphatic heterocycles. The maximum absolute atomic E-state index is 14.6. The molecule has 0 fully saturated rings. The summed E-state index contributed by atoms with van der Waals surface area (Å²) in [6.45, 7) is 7.37. The minimum Gasteiger partial charge on any atom is -0.352 e. The van der Waals surface area contributed by atoms with E-state index in [-0.39, 0.29) is 29.8 Å². The fourth-order valence-corrected chi connectivity index (χ4v) is 6.48. The summed E-state index contributed by atoms with van der Waals surface area (Å²) in [4.78, 5) is 30.0. The molecule has 0 bridgehead atoms. The standard InChI is InChI=1S/C36H40ClN3O4S/c1-5-28(4)38-36(42)34(23-29-12-7-6-8-13-29)39(24-30-14-10-9-11-27(30)3)35(41)25-40(32-19-15-26(2)16-20-32)45(43,44)33-21-17-31(37)18-22-33/h6-22,28,34H,5,23-25H2,1-4H3,(H,38,42)/t28-,34+/m0/s1. The first kappa shape index (κ1) is 33.7. The van der Waals surface area contributed by atoms with Crippen molar-refractivity contribution < 1.29 is 18.0 Å². The third-order valence-corrected chi connectivity index (χ3v) is 9.92. The molecule has 45 heavy (non-hydrogen) atoms. The average molecular weight is 646 g/mol. The van der Waals surface area contributed by atoms with Gasteiger partial charge in [0.15, 0.2) is 0 Å². The highest BCUT2D eigenvalue weighted by Gasteiger charge is 2.35. The van der Waals surface area contributed by atoms with Gasteiger partial charge in [0.1, 0.15) is 12.6 Å². The van der Waals surface area contributed by atoms with Crippen LogP contribution in [-0.2, 0) is 32.6 Å². The van der Waals surface area contributed by atoms with Crippen LogP contribution in [0.3, 0.4) is 0 Å². The summed E-state index contributed by atoms with van der Waals surface area (Å²) in [5, 5.41) is 3.46. The van der Waals surface area contributed by atoms with Gasteiger partial charge in [0.25, 0.3) is 10.0 Å². The fourth-order valence-electron chi connectivity index (χ4n) is 4.94. The van der Waals surface area contributed by atoms with E-state index in [9.17, 15) is 18.0 Å². The summed E-state index contributed by atoms with van der Waals surface area (Å²) in [7, 11) is -4.19. The first-order chi connectivity index (χ1) is 21.5. The second-order valence-corrected chi connectivity index (χ2v) is 13.6. The number of hydrogen-bond acceptors (Lipinski definition) is 4. The Morgan fingerprint density at radius 1 is 0.844 bits per heavy atom. The van der Waals surface area contributed by atoms with Crippen LogP contribution >= 0.6 is 11.6 Å². The van der Waals surface area contributed by atoms with Crippen LogP contribution in [0.25, 0.3) is 0 Å². The SMILES string of the molecule is CC[C@H](C)NC(=O)[C@@H](Cc1ccccc1)N(Cc1ccccc1C)C(=O)CN(c1ccc(C)cc1)S(=O)(=O)c1ccc(Cl)cc1. The lowest BCUT2D eigenvalue weighted by Crippen LogP contribution is -2.54. The van der Waals surface area contributed by atoms with Gasteiger partial charge in [0.05, 0.1) is 10.6 Å². The largest absolute Gasteiger partial charge is 0.352 e. The van der Waals surface area contributed by atoms with Crippen LogP contribution in [-0.4, -0.2) is 43.8 Å². The zero-order valence-corrected chi connectivity index (χ0v) is 27.7. The maximum Gasteiger partial charge on any atom is 0.264 e. The Hall–Kier alpha value is -4.14. The first-order valence-electron chi connectivity index (χ1n) is 15.0. The van der Waals surface area contributed by atoms with Crippen LogP contribution in [0, 0.1) is 13.8 Å². The van der Waals surface area contributed by atoms with E-state index < -0.39 is 28.5 Å².